The van der Waals surface area contributed by atoms with E-state index in [0.29, 0.717) is 0 Å². The number of rotatable bonds is 8. The van der Waals surface area contributed by atoms with Gasteiger partial charge in [0.05, 0.1) is 29.9 Å². The van der Waals surface area contributed by atoms with Crippen LogP contribution in [0.15, 0.2) is 44.9 Å². The smallest absolute Gasteiger partial charge is 0.415 e. The van der Waals surface area contributed by atoms with Crippen LogP contribution in [0.5, 0.6) is 5.88 Å². The predicted molar refractivity (Wildman–Crippen MR) is 70.8 cm³/mol. The van der Waals surface area contributed by atoms with E-state index in [-0.39, 0.29) is 36.2 Å². The van der Waals surface area contributed by atoms with Crippen LogP contribution in [0, 0.1) is 5.21 Å². The van der Waals surface area contributed by atoms with Crippen LogP contribution >= 0.6 is 0 Å². The average molecular weight is 330 g/mol. The van der Waals surface area contributed by atoms with Crippen molar-refractivity contribution >= 4 is 9.84 Å². The van der Waals surface area contributed by atoms with Crippen molar-refractivity contribution in [2.45, 2.75) is 9.92 Å². The molecule has 0 saturated carbocycles. The van der Waals surface area contributed by atoms with Gasteiger partial charge in [0.1, 0.15) is 6.61 Å². The van der Waals surface area contributed by atoms with E-state index in [1.54, 1.807) is 6.07 Å². The van der Waals surface area contributed by atoms with Gasteiger partial charge in [-0.15, -0.1) is 0 Å². The van der Waals surface area contributed by atoms with Crippen molar-refractivity contribution in [3.8, 4) is 5.88 Å². The first-order valence-corrected chi connectivity index (χ1v) is 7.77. The van der Waals surface area contributed by atoms with Gasteiger partial charge < -0.3 is 19.8 Å². The largest absolute Gasteiger partial charge is 0.452 e. The third-order valence-corrected chi connectivity index (χ3v) is 4.28. The Labute approximate surface area is 126 Å². The van der Waals surface area contributed by atoms with Crippen molar-refractivity contribution < 1.29 is 32.5 Å². The van der Waals surface area contributed by atoms with Crippen molar-refractivity contribution in [2.24, 2.45) is 0 Å². The Morgan fingerprint density at radius 2 is 1.95 bits per heavy atom. The van der Waals surface area contributed by atoms with Crippen molar-refractivity contribution in [1.82, 2.24) is 5.16 Å². The molecule has 2 rings (SSSR count). The van der Waals surface area contributed by atoms with E-state index in [9.17, 15) is 13.6 Å². The predicted octanol–water partition coefficient (Wildman–Crippen LogP) is -0.471. The number of aliphatic hydroxyl groups is 1. The maximum atomic E-state index is 12.4. The van der Waals surface area contributed by atoms with Crippen LogP contribution in [0.3, 0.4) is 0 Å². The van der Waals surface area contributed by atoms with Crippen molar-refractivity contribution in [3.05, 3.63) is 35.5 Å². The number of hydrogen-bond donors (Lipinski definition) is 1. The highest BCUT2D eigenvalue weighted by Gasteiger charge is 2.35. The lowest BCUT2D eigenvalue weighted by molar-refractivity contribution is -0.832. The summed E-state index contributed by atoms with van der Waals surface area (Å²) in [5, 5.41) is 22.7. The normalized spacial score (nSPS) is 11.5. The molecule has 0 fully saturated rings. The first-order chi connectivity index (χ1) is 10.6. The van der Waals surface area contributed by atoms with Gasteiger partial charge in [0.15, 0.2) is 0 Å². The summed E-state index contributed by atoms with van der Waals surface area (Å²) in [6, 6.07) is 7.39. The van der Waals surface area contributed by atoms with Crippen LogP contribution in [-0.2, 0) is 14.6 Å². The lowest BCUT2D eigenvalue weighted by Crippen LogP contribution is -2.31. The van der Waals surface area contributed by atoms with Crippen LogP contribution < -0.4 is 9.64 Å². The second-order valence-corrected chi connectivity index (χ2v) is 5.91. The molecule has 1 heterocycles. The average Bonchev–Trinajstić information content (AvgIpc) is 2.89. The van der Waals surface area contributed by atoms with Gasteiger partial charge in [-0.2, -0.15) is 0 Å². The summed E-state index contributed by atoms with van der Waals surface area (Å²) in [4.78, 5) is -0.295. The summed E-state index contributed by atoms with van der Waals surface area (Å²) < 4.78 is 39.2. The second kappa shape index (κ2) is 7.20. The molecule has 0 aliphatic heterocycles. The highest BCUT2D eigenvalue weighted by molar-refractivity contribution is 7.91. The fourth-order valence-corrected chi connectivity index (χ4v) is 2.90. The van der Waals surface area contributed by atoms with Gasteiger partial charge in [0.25, 0.3) is 9.84 Å². The Bertz CT molecular complexity index is 700. The van der Waals surface area contributed by atoms with Gasteiger partial charge >= 0.3 is 10.9 Å². The monoisotopic (exact) mass is 330 g/mol. The van der Waals surface area contributed by atoms with Crippen molar-refractivity contribution in [1.29, 1.82) is 0 Å². The molecule has 1 aromatic carbocycles. The van der Waals surface area contributed by atoms with E-state index in [0.717, 1.165) is 0 Å². The quantitative estimate of drug-likeness (QED) is 0.508. The first kappa shape index (κ1) is 16.2. The fourth-order valence-electron chi connectivity index (χ4n) is 1.60. The van der Waals surface area contributed by atoms with Gasteiger partial charge in [0, 0.05) is 0 Å². The molecular formula is C12H14N2O7S. The Hall–Kier alpha value is -2.17. The van der Waals surface area contributed by atoms with E-state index < -0.39 is 20.7 Å². The molecule has 0 radical (unpaired) electrons. The number of ether oxygens (including phenoxy) is 2. The van der Waals surface area contributed by atoms with E-state index >= 15 is 0 Å². The molecule has 22 heavy (non-hydrogen) atoms. The summed E-state index contributed by atoms with van der Waals surface area (Å²) in [6.07, 6.45) is 0. The maximum Gasteiger partial charge on any atom is 0.415 e. The molecule has 10 heteroatoms. The van der Waals surface area contributed by atoms with E-state index in [4.69, 9.17) is 14.6 Å². The molecule has 0 spiro atoms. The topological polar surface area (TPSA) is 126 Å². The molecule has 1 aromatic heterocycles. The standard InChI is InChI=1S/C12H14N2O7S/c15-6-7-19-8-9-20-11-12(14(16)21-13-11)22(17,18)10-4-2-1-3-5-10/h1-5,15H,6-9H2. The fraction of sp³-hybridized carbons (Fsp3) is 0.333. The summed E-state index contributed by atoms with van der Waals surface area (Å²) >= 11 is 0. The van der Waals surface area contributed by atoms with Gasteiger partial charge in [0.2, 0.25) is 0 Å². The minimum Gasteiger partial charge on any atom is -0.452 e. The molecule has 9 nitrogen and oxygen atoms in total. The minimum absolute atomic E-state index is 0.0517. The van der Waals surface area contributed by atoms with Gasteiger partial charge in [-0.05, 0) is 17.0 Å². The van der Waals surface area contributed by atoms with Gasteiger partial charge in [-0.1, -0.05) is 18.2 Å². The number of aromatic nitrogens is 2. The maximum absolute atomic E-state index is 12.4. The number of hydrogen-bond acceptors (Lipinski definition) is 8. The zero-order valence-corrected chi connectivity index (χ0v) is 12.2. The Balaban J connectivity index is 2.19. The molecule has 0 bridgehead atoms. The zero-order valence-electron chi connectivity index (χ0n) is 11.4. The van der Waals surface area contributed by atoms with Crippen molar-refractivity contribution in [3.63, 3.8) is 0 Å². The van der Waals surface area contributed by atoms with Gasteiger partial charge in [-0.3, -0.25) is 4.63 Å². The van der Waals surface area contributed by atoms with Crippen LogP contribution in [0.2, 0.25) is 0 Å². The summed E-state index contributed by atoms with van der Waals surface area (Å²) in [5.74, 6) is -0.438. The molecule has 120 valence electrons. The van der Waals surface area contributed by atoms with E-state index in [1.807, 2.05) is 0 Å². The van der Waals surface area contributed by atoms with Crippen LogP contribution in [-0.4, -0.2) is 45.1 Å². The summed E-state index contributed by atoms with van der Waals surface area (Å²) in [5.41, 5.74) is 0. The molecule has 0 amide bonds. The first-order valence-electron chi connectivity index (χ1n) is 6.28. The summed E-state index contributed by atoms with van der Waals surface area (Å²) in [6.45, 7) is 0.0258. The zero-order chi connectivity index (χ0) is 16.0. The molecule has 0 atom stereocenters. The van der Waals surface area contributed by atoms with Crippen molar-refractivity contribution in [2.75, 3.05) is 26.4 Å². The number of nitrogens with zero attached hydrogens (tertiary/aromatic N) is 2. The third-order valence-electron chi connectivity index (χ3n) is 2.56. The van der Waals surface area contributed by atoms with E-state index in [2.05, 4.69) is 9.79 Å². The molecule has 0 aliphatic carbocycles. The number of benzene rings is 1. The Morgan fingerprint density at radius 1 is 1.23 bits per heavy atom. The molecule has 0 unspecified atom stereocenters. The Morgan fingerprint density at radius 3 is 2.64 bits per heavy atom. The highest BCUT2D eigenvalue weighted by atomic mass is 32.2. The number of aliphatic hydroxyl groups excluding tert-OH is 1. The Kier molecular flexibility index (Phi) is 5.31. The van der Waals surface area contributed by atoms with Crippen LogP contribution in [0.1, 0.15) is 0 Å². The molecular weight excluding hydrogens is 316 g/mol. The molecule has 1 N–H and O–H groups in total. The number of sulfone groups is 1. The van der Waals surface area contributed by atoms with Gasteiger partial charge in [-0.25, -0.2) is 8.42 Å². The molecule has 0 saturated heterocycles. The minimum atomic E-state index is -4.12. The summed E-state index contributed by atoms with van der Waals surface area (Å²) in [7, 11) is -4.12. The van der Waals surface area contributed by atoms with Crippen LogP contribution in [0.25, 0.3) is 0 Å². The SMILES string of the molecule is O=S(=O)(c1ccccc1)c1c(OCCOCCO)no[n+]1[O-]. The molecule has 2 aromatic rings. The highest BCUT2D eigenvalue weighted by Crippen LogP contribution is 2.24. The molecule has 0 aliphatic rings. The van der Waals surface area contributed by atoms with E-state index in [1.165, 1.54) is 24.3 Å². The second-order valence-electron chi connectivity index (χ2n) is 4.04. The lowest BCUT2D eigenvalue weighted by Gasteiger charge is -2.03. The third kappa shape index (κ3) is 3.53. The lowest BCUT2D eigenvalue weighted by atomic mass is 10.4. The van der Waals surface area contributed by atoms with Crippen LogP contribution in [0.4, 0.5) is 0 Å².